The van der Waals surface area contributed by atoms with Gasteiger partial charge in [0.25, 0.3) is 6.47 Å². The molecule has 0 spiro atoms. The molecule has 1 unspecified atom stereocenters. The smallest absolute Gasteiger partial charge is 0.324 e. The van der Waals surface area contributed by atoms with Crippen LogP contribution in [-0.4, -0.2) is 25.4 Å². The van der Waals surface area contributed by atoms with E-state index in [0.29, 0.717) is 0 Å². The van der Waals surface area contributed by atoms with Gasteiger partial charge in [-0.15, -0.1) is 0 Å². The third-order valence-electron chi connectivity index (χ3n) is 0.831. The van der Waals surface area contributed by atoms with Crippen LogP contribution in [0.3, 0.4) is 0 Å². The van der Waals surface area contributed by atoms with E-state index in [2.05, 4.69) is 14.8 Å². The van der Waals surface area contributed by atoms with Crippen molar-refractivity contribution in [3.63, 3.8) is 0 Å². The molecule has 1 heterocycles. The van der Waals surface area contributed by atoms with Gasteiger partial charge in [-0.25, -0.2) is 5.32 Å². The summed E-state index contributed by atoms with van der Waals surface area (Å²) < 4.78 is 8.64. The number of nitrogens with one attached hydrogen (secondary N) is 1. The second-order valence-corrected chi connectivity index (χ2v) is 1.43. The lowest BCUT2D eigenvalue weighted by molar-refractivity contribution is -0.169. The zero-order valence-corrected chi connectivity index (χ0v) is 4.49. The van der Waals surface area contributed by atoms with Gasteiger partial charge in [0.2, 0.25) is 0 Å². The number of ether oxygens (including phenoxy) is 2. The summed E-state index contributed by atoms with van der Waals surface area (Å²) in [4.78, 5) is 19.9. The molecular weight excluding hydrogens is 126 g/mol. The van der Waals surface area contributed by atoms with Gasteiger partial charge >= 0.3 is 12.4 Å². The van der Waals surface area contributed by atoms with Gasteiger partial charge in [0.15, 0.2) is 0 Å². The summed E-state index contributed by atoms with van der Waals surface area (Å²) >= 11 is 0. The molecule has 0 bridgehead atoms. The van der Waals surface area contributed by atoms with Gasteiger partial charge < -0.3 is 9.47 Å². The first-order chi connectivity index (χ1) is 4.33. The SMILES string of the molecule is O=COC1NCC(=O)O1. The van der Waals surface area contributed by atoms with Crippen LogP contribution in [0, 0.1) is 0 Å². The Morgan fingerprint density at radius 1 is 1.89 bits per heavy atom. The van der Waals surface area contributed by atoms with Crippen LogP contribution in [0.5, 0.6) is 0 Å². The standard InChI is InChI=1S/C4H5NO4/c6-2-8-4-5-1-3(7)9-4/h2,4-5H,1H2. The van der Waals surface area contributed by atoms with E-state index >= 15 is 0 Å². The predicted molar refractivity (Wildman–Crippen MR) is 25.0 cm³/mol. The minimum Gasteiger partial charge on any atom is -0.413 e. The van der Waals surface area contributed by atoms with Crippen LogP contribution >= 0.6 is 0 Å². The molecule has 1 atom stereocenters. The zero-order chi connectivity index (χ0) is 6.69. The average Bonchev–Trinajstić information content (AvgIpc) is 2.17. The second kappa shape index (κ2) is 2.45. The number of esters is 1. The van der Waals surface area contributed by atoms with Gasteiger partial charge in [0, 0.05) is 0 Å². The molecule has 0 aliphatic carbocycles. The molecule has 0 amide bonds. The number of cyclic esters (lactones) is 1. The highest BCUT2D eigenvalue weighted by atomic mass is 16.7. The fourth-order valence-corrected chi connectivity index (χ4v) is 0.496. The predicted octanol–water partition coefficient (Wildman–Crippen LogP) is -1.41. The molecule has 1 fully saturated rings. The van der Waals surface area contributed by atoms with Gasteiger partial charge in [0.05, 0.1) is 0 Å². The number of hydrogen-bond donors (Lipinski definition) is 1. The number of carbonyl (C=O) groups excluding carboxylic acids is 2. The van der Waals surface area contributed by atoms with Crippen molar-refractivity contribution >= 4 is 12.4 Å². The maximum absolute atomic E-state index is 10.2. The summed E-state index contributed by atoms with van der Waals surface area (Å²) in [6, 6.07) is 0. The van der Waals surface area contributed by atoms with Crippen LogP contribution in [0.25, 0.3) is 0 Å². The van der Waals surface area contributed by atoms with Crippen LogP contribution in [0.1, 0.15) is 0 Å². The van der Waals surface area contributed by atoms with Crippen molar-refractivity contribution in [3.05, 3.63) is 0 Å². The first kappa shape index (κ1) is 6.03. The molecule has 5 nitrogen and oxygen atoms in total. The first-order valence-electron chi connectivity index (χ1n) is 2.35. The lowest BCUT2D eigenvalue weighted by Crippen LogP contribution is -2.24. The largest absolute Gasteiger partial charge is 0.413 e. The molecule has 1 aliphatic rings. The van der Waals surface area contributed by atoms with Gasteiger partial charge in [-0.3, -0.25) is 9.59 Å². The Balaban J connectivity index is 2.29. The Morgan fingerprint density at radius 3 is 3.11 bits per heavy atom. The Labute approximate surface area is 50.9 Å². The van der Waals surface area contributed by atoms with Gasteiger partial charge in [-0.05, 0) is 0 Å². The topological polar surface area (TPSA) is 64.6 Å². The van der Waals surface area contributed by atoms with E-state index in [-0.39, 0.29) is 13.0 Å². The summed E-state index contributed by atoms with van der Waals surface area (Å²) in [5, 5.41) is 2.48. The van der Waals surface area contributed by atoms with E-state index in [1.807, 2.05) is 0 Å². The fraction of sp³-hybridized carbons (Fsp3) is 0.500. The van der Waals surface area contributed by atoms with Gasteiger partial charge in [-0.1, -0.05) is 0 Å². The summed E-state index contributed by atoms with van der Waals surface area (Å²) in [6.45, 7) is 0.314. The highest BCUT2D eigenvalue weighted by Gasteiger charge is 2.22. The van der Waals surface area contributed by atoms with E-state index in [1.54, 1.807) is 0 Å². The molecule has 1 rings (SSSR count). The summed E-state index contributed by atoms with van der Waals surface area (Å²) in [5.41, 5.74) is 0. The van der Waals surface area contributed by atoms with Gasteiger partial charge in [-0.2, -0.15) is 0 Å². The van der Waals surface area contributed by atoms with Crippen LogP contribution < -0.4 is 5.32 Å². The maximum Gasteiger partial charge on any atom is 0.324 e. The zero-order valence-electron chi connectivity index (χ0n) is 4.49. The van der Waals surface area contributed by atoms with Crippen molar-refractivity contribution in [2.75, 3.05) is 6.54 Å². The van der Waals surface area contributed by atoms with Crippen LogP contribution in [0.15, 0.2) is 0 Å². The first-order valence-corrected chi connectivity index (χ1v) is 2.35. The summed E-state index contributed by atoms with van der Waals surface area (Å²) in [7, 11) is 0. The van der Waals surface area contributed by atoms with Crippen molar-refractivity contribution in [1.29, 1.82) is 0 Å². The lowest BCUT2D eigenvalue weighted by atomic mass is 10.7. The van der Waals surface area contributed by atoms with Crippen LogP contribution in [0.4, 0.5) is 0 Å². The molecule has 1 N–H and O–H groups in total. The van der Waals surface area contributed by atoms with Crippen LogP contribution in [0.2, 0.25) is 0 Å². The highest BCUT2D eigenvalue weighted by Crippen LogP contribution is 1.95. The third kappa shape index (κ3) is 1.39. The van der Waals surface area contributed by atoms with Crippen molar-refractivity contribution in [3.8, 4) is 0 Å². The normalized spacial score (nSPS) is 25.3. The minimum atomic E-state index is -0.880. The molecule has 1 aliphatic heterocycles. The lowest BCUT2D eigenvalue weighted by Gasteiger charge is -2.03. The van der Waals surface area contributed by atoms with Gasteiger partial charge in [0.1, 0.15) is 6.54 Å². The van der Waals surface area contributed by atoms with E-state index < -0.39 is 12.4 Å². The molecule has 50 valence electrons. The third-order valence-corrected chi connectivity index (χ3v) is 0.831. The Morgan fingerprint density at radius 2 is 2.67 bits per heavy atom. The second-order valence-electron chi connectivity index (χ2n) is 1.43. The maximum atomic E-state index is 10.2. The fourth-order valence-electron chi connectivity index (χ4n) is 0.496. The number of hydrogen-bond acceptors (Lipinski definition) is 5. The Kier molecular flexibility index (Phi) is 1.64. The molecule has 5 heteroatoms. The summed E-state index contributed by atoms with van der Waals surface area (Å²) in [6.07, 6.45) is -0.880. The molecule has 0 aromatic rings. The molecule has 9 heavy (non-hydrogen) atoms. The van der Waals surface area contributed by atoms with E-state index in [9.17, 15) is 9.59 Å². The Bertz CT molecular complexity index is 135. The molecule has 0 radical (unpaired) electrons. The van der Waals surface area contributed by atoms with Crippen molar-refractivity contribution in [1.82, 2.24) is 5.32 Å². The molecule has 0 aromatic heterocycles. The molecular formula is C4H5NO4. The van der Waals surface area contributed by atoms with E-state index in [1.165, 1.54) is 0 Å². The van der Waals surface area contributed by atoms with Crippen molar-refractivity contribution < 1.29 is 19.1 Å². The van der Waals surface area contributed by atoms with Crippen molar-refractivity contribution in [2.24, 2.45) is 0 Å². The quantitative estimate of drug-likeness (QED) is 0.368. The van der Waals surface area contributed by atoms with Crippen LogP contribution in [-0.2, 0) is 19.1 Å². The molecule has 0 saturated carbocycles. The van der Waals surface area contributed by atoms with E-state index in [0.717, 1.165) is 0 Å². The highest BCUT2D eigenvalue weighted by molar-refractivity contribution is 5.73. The van der Waals surface area contributed by atoms with Crippen molar-refractivity contribution in [2.45, 2.75) is 6.41 Å². The number of rotatable bonds is 2. The minimum absolute atomic E-state index is 0.0957. The summed E-state index contributed by atoms with van der Waals surface area (Å²) in [5.74, 6) is -0.415. The van der Waals surface area contributed by atoms with E-state index in [4.69, 9.17) is 0 Å². The number of carbonyl (C=O) groups is 2. The molecule has 1 saturated heterocycles. The molecule has 0 aromatic carbocycles. The average molecular weight is 131 g/mol. The monoisotopic (exact) mass is 131 g/mol. The Hall–Kier alpha value is -1.10.